The molecule has 0 spiro atoms. The van der Waals surface area contributed by atoms with Crippen LogP contribution in [0.2, 0.25) is 0 Å². The number of carboxylic acids is 1. The molecule has 1 heterocycles. The van der Waals surface area contributed by atoms with Gasteiger partial charge in [-0.1, -0.05) is 0 Å². The van der Waals surface area contributed by atoms with Crippen LogP contribution in [-0.4, -0.2) is 29.8 Å². The van der Waals surface area contributed by atoms with Crippen molar-refractivity contribution < 1.29 is 14.3 Å². The first-order valence-corrected chi connectivity index (χ1v) is 3.24. The molecule has 1 fully saturated rings. The predicted molar refractivity (Wildman–Crippen MR) is 40.8 cm³/mol. The highest BCUT2D eigenvalue weighted by atomic mass is 35.5. The maximum atomic E-state index is 13.1. The third-order valence-corrected chi connectivity index (χ3v) is 1.66. The van der Waals surface area contributed by atoms with E-state index in [0.717, 1.165) is 0 Å². The summed E-state index contributed by atoms with van der Waals surface area (Å²) in [7, 11) is 0. The molecule has 1 unspecified atom stereocenters. The molecule has 1 aliphatic heterocycles. The zero-order valence-corrected chi connectivity index (χ0v) is 6.79. The highest BCUT2D eigenvalue weighted by molar-refractivity contribution is 5.85. The van der Waals surface area contributed by atoms with E-state index >= 15 is 0 Å². The quantitative estimate of drug-likeness (QED) is 0.659. The summed E-state index contributed by atoms with van der Waals surface area (Å²) in [6, 6.07) is 0. The number of rotatable bonds is 2. The molecule has 0 aromatic rings. The van der Waals surface area contributed by atoms with Crippen LogP contribution in [0.5, 0.6) is 0 Å². The van der Waals surface area contributed by atoms with E-state index in [1.165, 1.54) is 0 Å². The van der Waals surface area contributed by atoms with E-state index in [1.54, 1.807) is 0 Å². The van der Waals surface area contributed by atoms with Crippen molar-refractivity contribution in [2.24, 2.45) is 0 Å². The molecule has 5 heteroatoms. The van der Waals surface area contributed by atoms with Crippen LogP contribution >= 0.6 is 12.4 Å². The Morgan fingerprint density at radius 1 is 1.73 bits per heavy atom. The van der Waals surface area contributed by atoms with E-state index in [1.807, 2.05) is 0 Å². The smallest absolute Gasteiger partial charge is 0.306 e. The van der Waals surface area contributed by atoms with Crippen molar-refractivity contribution in [1.29, 1.82) is 0 Å². The van der Waals surface area contributed by atoms with Gasteiger partial charge in [-0.25, -0.2) is 4.39 Å². The van der Waals surface area contributed by atoms with Gasteiger partial charge in [0.1, 0.15) is 5.67 Å². The van der Waals surface area contributed by atoms with Crippen LogP contribution in [-0.2, 0) is 4.79 Å². The first-order chi connectivity index (χ1) is 4.62. The summed E-state index contributed by atoms with van der Waals surface area (Å²) in [6.45, 7) is 0.767. The lowest BCUT2D eigenvalue weighted by Gasteiger charge is -2.13. The summed E-state index contributed by atoms with van der Waals surface area (Å²) in [6.07, 6.45) is -0.0562. The molecule has 0 aromatic heterocycles. The summed E-state index contributed by atoms with van der Waals surface area (Å²) in [5, 5.41) is 11.1. The predicted octanol–water partition coefficient (Wildman–Crippen LogP) is 0.585. The Hall–Kier alpha value is -0.350. The lowest BCUT2D eigenvalue weighted by molar-refractivity contribution is -0.139. The number of carboxylic acid groups (broad SMARTS) is 1. The van der Waals surface area contributed by atoms with Crippen molar-refractivity contribution in [2.75, 3.05) is 13.1 Å². The molecule has 0 aliphatic carbocycles. The number of alkyl halides is 1. The van der Waals surface area contributed by atoms with Crippen LogP contribution in [0.3, 0.4) is 0 Å². The number of hydrogen-bond acceptors (Lipinski definition) is 2. The molecule has 2 N–H and O–H groups in total. The fraction of sp³-hybridized carbons (Fsp3) is 0.833. The first kappa shape index (κ1) is 10.7. The van der Waals surface area contributed by atoms with Gasteiger partial charge in [0.25, 0.3) is 0 Å². The van der Waals surface area contributed by atoms with E-state index < -0.39 is 11.6 Å². The zero-order chi connectivity index (χ0) is 7.61. The Balaban J connectivity index is 0.000001000. The minimum atomic E-state index is -1.49. The van der Waals surface area contributed by atoms with Crippen LogP contribution in [0, 0.1) is 0 Å². The Morgan fingerprint density at radius 3 is 2.73 bits per heavy atom. The van der Waals surface area contributed by atoms with Gasteiger partial charge in [0.15, 0.2) is 0 Å². The standard InChI is InChI=1S/C6H10FNO2.ClH/c7-6(3-5(9)10)1-2-8-4-6;/h8H,1-4H2,(H,9,10);1H. The average molecular weight is 184 g/mol. The molecular formula is C6H11ClFNO2. The second kappa shape index (κ2) is 3.88. The van der Waals surface area contributed by atoms with E-state index in [4.69, 9.17) is 5.11 Å². The molecule has 1 aliphatic rings. The van der Waals surface area contributed by atoms with Crippen molar-refractivity contribution in [3.05, 3.63) is 0 Å². The van der Waals surface area contributed by atoms with E-state index in [9.17, 15) is 9.18 Å². The number of carbonyl (C=O) groups is 1. The van der Waals surface area contributed by atoms with Crippen LogP contribution in [0.25, 0.3) is 0 Å². The molecule has 66 valence electrons. The Kier molecular flexibility index (Phi) is 3.75. The molecule has 0 saturated carbocycles. The van der Waals surface area contributed by atoms with Gasteiger partial charge in [0, 0.05) is 6.54 Å². The maximum Gasteiger partial charge on any atom is 0.306 e. The van der Waals surface area contributed by atoms with E-state index in [2.05, 4.69) is 5.32 Å². The van der Waals surface area contributed by atoms with Crippen LogP contribution in [0.1, 0.15) is 12.8 Å². The third kappa shape index (κ3) is 3.03. The minimum Gasteiger partial charge on any atom is -0.481 e. The van der Waals surface area contributed by atoms with Crippen LogP contribution in [0.4, 0.5) is 4.39 Å². The molecule has 1 rings (SSSR count). The molecular weight excluding hydrogens is 173 g/mol. The summed E-state index contributed by atoms with van der Waals surface area (Å²) >= 11 is 0. The SMILES string of the molecule is Cl.O=C(O)CC1(F)CCNC1. The van der Waals surface area contributed by atoms with Gasteiger partial charge in [0.2, 0.25) is 0 Å². The van der Waals surface area contributed by atoms with Crippen molar-refractivity contribution in [1.82, 2.24) is 5.32 Å². The largest absolute Gasteiger partial charge is 0.481 e. The van der Waals surface area contributed by atoms with Crippen molar-refractivity contribution in [3.8, 4) is 0 Å². The third-order valence-electron chi connectivity index (χ3n) is 1.66. The Morgan fingerprint density at radius 2 is 2.36 bits per heavy atom. The molecule has 0 bridgehead atoms. The number of hydrogen-bond donors (Lipinski definition) is 2. The van der Waals surface area contributed by atoms with Crippen molar-refractivity contribution in [3.63, 3.8) is 0 Å². The molecule has 0 radical (unpaired) electrons. The molecule has 1 atom stereocenters. The fourth-order valence-electron chi connectivity index (χ4n) is 1.14. The Bertz CT molecular complexity index is 148. The van der Waals surface area contributed by atoms with Crippen LogP contribution in [0.15, 0.2) is 0 Å². The van der Waals surface area contributed by atoms with Gasteiger partial charge in [-0.05, 0) is 13.0 Å². The molecule has 1 saturated heterocycles. The van der Waals surface area contributed by atoms with Gasteiger partial charge in [-0.15, -0.1) is 12.4 Å². The maximum absolute atomic E-state index is 13.1. The highest BCUT2D eigenvalue weighted by Gasteiger charge is 2.35. The lowest BCUT2D eigenvalue weighted by Crippen LogP contribution is -2.28. The van der Waals surface area contributed by atoms with Gasteiger partial charge in [-0.2, -0.15) is 0 Å². The van der Waals surface area contributed by atoms with E-state index in [-0.39, 0.29) is 25.4 Å². The highest BCUT2D eigenvalue weighted by Crippen LogP contribution is 2.23. The summed E-state index contributed by atoms with van der Waals surface area (Å²) in [5.41, 5.74) is -1.49. The lowest BCUT2D eigenvalue weighted by atomic mass is 10.0. The second-order valence-corrected chi connectivity index (χ2v) is 2.65. The fourth-order valence-corrected chi connectivity index (χ4v) is 1.14. The normalized spacial score (nSPS) is 29.5. The number of aliphatic carboxylic acids is 1. The second-order valence-electron chi connectivity index (χ2n) is 2.65. The number of halogens is 2. The average Bonchev–Trinajstić information content (AvgIpc) is 2.12. The monoisotopic (exact) mass is 183 g/mol. The van der Waals surface area contributed by atoms with E-state index in [0.29, 0.717) is 13.0 Å². The minimum absolute atomic E-state index is 0. The topological polar surface area (TPSA) is 49.3 Å². The zero-order valence-electron chi connectivity index (χ0n) is 5.97. The van der Waals surface area contributed by atoms with Crippen LogP contribution < -0.4 is 5.32 Å². The molecule has 0 amide bonds. The summed E-state index contributed by atoms with van der Waals surface area (Å²) < 4.78 is 13.1. The van der Waals surface area contributed by atoms with Crippen molar-refractivity contribution in [2.45, 2.75) is 18.5 Å². The van der Waals surface area contributed by atoms with Gasteiger partial charge in [0.05, 0.1) is 6.42 Å². The first-order valence-electron chi connectivity index (χ1n) is 3.24. The Labute approximate surface area is 70.4 Å². The van der Waals surface area contributed by atoms with Gasteiger partial charge < -0.3 is 10.4 Å². The van der Waals surface area contributed by atoms with Crippen molar-refractivity contribution >= 4 is 18.4 Å². The molecule has 11 heavy (non-hydrogen) atoms. The van der Waals surface area contributed by atoms with Gasteiger partial charge in [-0.3, -0.25) is 4.79 Å². The molecule has 3 nitrogen and oxygen atoms in total. The summed E-state index contributed by atoms with van der Waals surface area (Å²) in [5.74, 6) is -1.06. The summed E-state index contributed by atoms with van der Waals surface area (Å²) in [4.78, 5) is 10.1. The molecule has 0 aromatic carbocycles. The number of nitrogens with one attached hydrogen (secondary N) is 1. The van der Waals surface area contributed by atoms with Gasteiger partial charge >= 0.3 is 5.97 Å².